The van der Waals surface area contributed by atoms with Gasteiger partial charge in [0.2, 0.25) is 0 Å². The summed E-state index contributed by atoms with van der Waals surface area (Å²) in [5.41, 5.74) is 0.691. The number of amides is 1. The van der Waals surface area contributed by atoms with E-state index in [1.807, 2.05) is 30.3 Å². The maximum absolute atomic E-state index is 13.4. The van der Waals surface area contributed by atoms with Crippen LogP contribution in [0.1, 0.15) is 12.5 Å². The molecule has 0 bridgehead atoms. The summed E-state index contributed by atoms with van der Waals surface area (Å²) in [5.74, 6) is -1.70. The number of halogens is 1. The Morgan fingerprint density at radius 3 is 2.68 bits per heavy atom. The number of hydrogen-bond donors (Lipinski definition) is 1. The highest BCUT2D eigenvalue weighted by molar-refractivity contribution is 5.91. The zero-order valence-electron chi connectivity index (χ0n) is 10.2. The number of nitrogens with one attached hydrogen (secondary N) is 1. The normalized spacial score (nSPS) is 18.2. The number of carbonyl (C=O) groups excluding carboxylic acids is 2. The van der Waals surface area contributed by atoms with Crippen LogP contribution in [0, 0.1) is 0 Å². The van der Waals surface area contributed by atoms with Crippen molar-refractivity contribution in [3.05, 3.63) is 47.3 Å². The molecule has 100 valence electrons. The quantitative estimate of drug-likeness (QED) is 0.849. The first kappa shape index (κ1) is 13.1. The van der Waals surface area contributed by atoms with Crippen LogP contribution < -0.4 is 5.32 Å². The Labute approximate surface area is 109 Å². The third-order valence-corrected chi connectivity index (χ3v) is 2.58. The van der Waals surface area contributed by atoms with E-state index in [2.05, 4.69) is 14.8 Å². The van der Waals surface area contributed by atoms with Crippen LogP contribution in [0.2, 0.25) is 0 Å². The van der Waals surface area contributed by atoms with Crippen molar-refractivity contribution in [3.63, 3.8) is 0 Å². The number of cyclic esters (lactones) is 1. The lowest BCUT2D eigenvalue weighted by Gasteiger charge is -2.11. The number of rotatable bonds is 3. The zero-order chi connectivity index (χ0) is 13.8. The lowest BCUT2D eigenvalue weighted by atomic mass is 10.2. The molecule has 5 nitrogen and oxygen atoms in total. The Morgan fingerprint density at radius 2 is 2.11 bits per heavy atom. The van der Waals surface area contributed by atoms with E-state index in [1.54, 1.807) is 0 Å². The topological polar surface area (TPSA) is 64.6 Å². The second-order valence-corrected chi connectivity index (χ2v) is 3.95. The highest BCUT2D eigenvalue weighted by Crippen LogP contribution is 2.24. The summed E-state index contributed by atoms with van der Waals surface area (Å²) in [7, 11) is 0. The predicted octanol–water partition coefficient (Wildman–Crippen LogP) is 2.04. The van der Waals surface area contributed by atoms with Crippen molar-refractivity contribution in [3.8, 4) is 0 Å². The van der Waals surface area contributed by atoms with Gasteiger partial charge >= 0.3 is 18.4 Å². The number of benzene rings is 1. The Bertz CT molecular complexity index is 527. The van der Waals surface area contributed by atoms with Crippen LogP contribution >= 0.6 is 0 Å². The first-order chi connectivity index (χ1) is 9.08. The number of esters is 1. The Hall–Kier alpha value is -2.37. The SMILES string of the molecule is CC1=C(F)C(OC(=O)NCc2ccccc2)OC1=O. The molecule has 0 aliphatic carbocycles. The second kappa shape index (κ2) is 5.51. The van der Waals surface area contributed by atoms with Gasteiger partial charge in [-0.05, 0) is 12.5 Å². The summed E-state index contributed by atoms with van der Waals surface area (Å²) < 4.78 is 22.6. The van der Waals surface area contributed by atoms with Crippen LogP contribution in [0.5, 0.6) is 0 Å². The van der Waals surface area contributed by atoms with E-state index in [-0.39, 0.29) is 12.1 Å². The minimum absolute atomic E-state index is 0.180. The average molecular weight is 265 g/mol. The minimum Gasteiger partial charge on any atom is -0.414 e. The standard InChI is InChI=1S/C13H12FNO4/c1-8-10(14)12(18-11(8)16)19-13(17)15-7-9-5-3-2-4-6-9/h2-6,12H,7H2,1H3,(H,15,17). The molecule has 0 aromatic heterocycles. The van der Waals surface area contributed by atoms with Crippen molar-refractivity contribution in [1.29, 1.82) is 0 Å². The van der Waals surface area contributed by atoms with Gasteiger partial charge in [-0.1, -0.05) is 30.3 Å². The highest BCUT2D eigenvalue weighted by atomic mass is 19.1. The van der Waals surface area contributed by atoms with Crippen molar-refractivity contribution >= 4 is 12.1 Å². The number of ether oxygens (including phenoxy) is 2. The minimum atomic E-state index is -1.58. The second-order valence-electron chi connectivity index (χ2n) is 3.95. The van der Waals surface area contributed by atoms with Gasteiger partial charge in [0.05, 0.1) is 5.57 Å². The van der Waals surface area contributed by atoms with Crippen LogP contribution in [0.25, 0.3) is 0 Å². The Balaban J connectivity index is 1.84. The van der Waals surface area contributed by atoms with Gasteiger partial charge in [0.15, 0.2) is 5.83 Å². The van der Waals surface area contributed by atoms with Gasteiger partial charge in [-0.15, -0.1) is 0 Å². The molecule has 0 saturated heterocycles. The summed E-state index contributed by atoms with van der Waals surface area (Å²) in [6.07, 6.45) is -2.44. The van der Waals surface area contributed by atoms with Crippen LogP contribution in [-0.2, 0) is 20.8 Å². The summed E-state index contributed by atoms with van der Waals surface area (Å²) in [6.45, 7) is 1.51. The van der Waals surface area contributed by atoms with E-state index in [4.69, 9.17) is 0 Å². The average Bonchev–Trinajstić information content (AvgIpc) is 2.65. The van der Waals surface area contributed by atoms with Crippen LogP contribution in [0.4, 0.5) is 9.18 Å². The smallest absolute Gasteiger partial charge is 0.410 e. The number of carbonyl (C=O) groups is 2. The van der Waals surface area contributed by atoms with Gasteiger partial charge in [-0.25, -0.2) is 14.0 Å². The highest BCUT2D eigenvalue weighted by Gasteiger charge is 2.35. The Morgan fingerprint density at radius 1 is 1.42 bits per heavy atom. The van der Waals surface area contributed by atoms with Gasteiger partial charge < -0.3 is 14.8 Å². The molecule has 1 unspecified atom stereocenters. The fourth-order valence-corrected chi connectivity index (χ4v) is 1.50. The molecule has 19 heavy (non-hydrogen) atoms. The lowest BCUT2D eigenvalue weighted by molar-refractivity contribution is -0.153. The molecule has 0 radical (unpaired) electrons. The summed E-state index contributed by atoms with van der Waals surface area (Å²) >= 11 is 0. The molecule has 1 aromatic rings. The van der Waals surface area contributed by atoms with Crippen molar-refractivity contribution in [1.82, 2.24) is 5.32 Å². The Kier molecular flexibility index (Phi) is 3.79. The fraction of sp³-hybridized carbons (Fsp3) is 0.231. The van der Waals surface area contributed by atoms with Crippen LogP contribution in [-0.4, -0.2) is 18.4 Å². The van der Waals surface area contributed by atoms with Crippen molar-refractivity contribution < 1.29 is 23.5 Å². The van der Waals surface area contributed by atoms with Gasteiger partial charge in [0.1, 0.15) is 0 Å². The van der Waals surface area contributed by atoms with E-state index in [0.717, 1.165) is 5.56 Å². The van der Waals surface area contributed by atoms with E-state index >= 15 is 0 Å². The third kappa shape index (κ3) is 3.09. The molecular formula is C13H12FNO4. The first-order valence-electron chi connectivity index (χ1n) is 5.63. The molecule has 1 aliphatic rings. The molecule has 1 aliphatic heterocycles. The van der Waals surface area contributed by atoms with Gasteiger partial charge in [-0.2, -0.15) is 0 Å². The summed E-state index contributed by atoms with van der Waals surface area (Å²) in [6, 6.07) is 9.14. The van der Waals surface area contributed by atoms with Gasteiger partial charge in [0, 0.05) is 6.54 Å². The van der Waals surface area contributed by atoms with Crippen LogP contribution in [0.3, 0.4) is 0 Å². The van der Waals surface area contributed by atoms with E-state index < -0.39 is 24.2 Å². The number of hydrogen-bond acceptors (Lipinski definition) is 4. The van der Waals surface area contributed by atoms with E-state index in [9.17, 15) is 14.0 Å². The molecule has 1 amide bonds. The molecule has 6 heteroatoms. The first-order valence-corrected chi connectivity index (χ1v) is 5.63. The summed E-state index contributed by atoms with van der Waals surface area (Å²) in [4.78, 5) is 22.4. The molecule has 0 saturated carbocycles. The molecule has 0 spiro atoms. The van der Waals surface area contributed by atoms with Gasteiger partial charge in [-0.3, -0.25) is 0 Å². The molecule has 1 heterocycles. The monoisotopic (exact) mass is 265 g/mol. The van der Waals surface area contributed by atoms with Crippen LogP contribution in [0.15, 0.2) is 41.7 Å². The largest absolute Gasteiger partial charge is 0.414 e. The zero-order valence-corrected chi connectivity index (χ0v) is 10.2. The number of alkyl carbamates (subject to hydrolysis) is 1. The maximum Gasteiger partial charge on any atom is 0.410 e. The molecule has 1 N–H and O–H groups in total. The molecule has 1 atom stereocenters. The van der Waals surface area contributed by atoms with Gasteiger partial charge in [0.25, 0.3) is 0 Å². The van der Waals surface area contributed by atoms with Crippen molar-refractivity contribution in [2.75, 3.05) is 0 Å². The van der Waals surface area contributed by atoms with E-state index in [1.165, 1.54) is 6.92 Å². The molecule has 0 fully saturated rings. The van der Waals surface area contributed by atoms with Crippen molar-refractivity contribution in [2.45, 2.75) is 19.8 Å². The predicted molar refractivity (Wildman–Crippen MR) is 63.5 cm³/mol. The molecule has 1 aromatic carbocycles. The molecule has 2 rings (SSSR count). The maximum atomic E-state index is 13.4. The van der Waals surface area contributed by atoms with E-state index in [0.29, 0.717) is 0 Å². The van der Waals surface area contributed by atoms with Crippen molar-refractivity contribution in [2.24, 2.45) is 0 Å². The third-order valence-electron chi connectivity index (χ3n) is 2.58. The fourth-order valence-electron chi connectivity index (χ4n) is 1.50. The lowest BCUT2D eigenvalue weighted by Crippen LogP contribution is -2.29. The summed E-state index contributed by atoms with van der Waals surface area (Å²) in [5, 5.41) is 2.43. The molecular weight excluding hydrogens is 253 g/mol.